The first-order valence-electron chi connectivity index (χ1n) is 10.5. The predicted octanol–water partition coefficient (Wildman–Crippen LogP) is 5.49. The van der Waals surface area contributed by atoms with Crippen LogP contribution in [0.5, 0.6) is 0 Å². The summed E-state index contributed by atoms with van der Waals surface area (Å²) in [5, 5.41) is -0.262. The van der Waals surface area contributed by atoms with Crippen molar-refractivity contribution in [1.29, 1.82) is 0 Å². The highest BCUT2D eigenvalue weighted by Gasteiger charge is 2.45. The van der Waals surface area contributed by atoms with Gasteiger partial charge in [0, 0.05) is 0 Å². The molecular formula is C26H27BrO4. The molecule has 0 radical (unpaired) electrons. The second kappa shape index (κ2) is 11.6. The molecule has 162 valence electrons. The predicted molar refractivity (Wildman–Crippen MR) is 124 cm³/mol. The molecule has 0 unspecified atom stereocenters. The molecule has 1 heterocycles. The average molecular weight is 483 g/mol. The highest BCUT2D eigenvalue weighted by molar-refractivity contribution is 9.09. The van der Waals surface area contributed by atoms with E-state index in [0.29, 0.717) is 26.4 Å². The average Bonchev–Trinajstić information content (AvgIpc) is 3.12. The van der Waals surface area contributed by atoms with Gasteiger partial charge < -0.3 is 18.9 Å². The molecule has 4 nitrogen and oxygen atoms in total. The van der Waals surface area contributed by atoms with Crippen LogP contribution >= 0.6 is 15.9 Å². The monoisotopic (exact) mass is 482 g/mol. The standard InChI is InChI=1S/C26H27BrO4/c27-26-25(30-18-22-14-8-3-9-15-22)24(29-17-21-12-6-2-7-13-21)23(31-26)19-28-16-20-10-4-1-5-11-20/h1-15,23-26H,16-19H2/t23-,24-,25+,26+/m1/s1. The van der Waals surface area contributed by atoms with Gasteiger partial charge in [-0.3, -0.25) is 0 Å². The Morgan fingerprint density at radius 2 is 1.06 bits per heavy atom. The SMILES string of the molecule is Br[C@H]1O[C@H](COCc2ccccc2)[C@@H](OCc2ccccc2)[C@@H]1OCc1ccccc1. The van der Waals surface area contributed by atoms with Crippen molar-refractivity contribution < 1.29 is 18.9 Å². The lowest BCUT2D eigenvalue weighted by Gasteiger charge is -2.24. The Kier molecular flexibility index (Phi) is 8.27. The minimum atomic E-state index is -0.262. The van der Waals surface area contributed by atoms with E-state index >= 15 is 0 Å². The summed E-state index contributed by atoms with van der Waals surface area (Å²) < 4.78 is 24.7. The molecule has 3 aromatic carbocycles. The lowest BCUT2D eigenvalue weighted by Crippen LogP contribution is -2.38. The summed E-state index contributed by atoms with van der Waals surface area (Å²) in [6.07, 6.45) is -0.712. The van der Waals surface area contributed by atoms with Crippen molar-refractivity contribution in [2.24, 2.45) is 0 Å². The van der Waals surface area contributed by atoms with Gasteiger partial charge in [0.1, 0.15) is 23.3 Å². The second-order valence-corrected chi connectivity index (χ2v) is 8.45. The van der Waals surface area contributed by atoms with Crippen molar-refractivity contribution in [3.63, 3.8) is 0 Å². The van der Waals surface area contributed by atoms with E-state index in [4.69, 9.17) is 18.9 Å². The van der Waals surface area contributed by atoms with Crippen LogP contribution < -0.4 is 0 Å². The maximum atomic E-state index is 6.32. The smallest absolute Gasteiger partial charge is 0.141 e. The molecule has 0 aliphatic carbocycles. The van der Waals surface area contributed by atoms with Crippen LogP contribution in [0.4, 0.5) is 0 Å². The summed E-state index contributed by atoms with van der Waals surface area (Å²) in [5.74, 6) is 0. The summed E-state index contributed by atoms with van der Waals surface area (Å²) in [4.78, 5) is 0. The molecule has 1 fully saturated rings. The molecule has 1 saturated heterocycles. The summed E-state index contributed by atoms with van der Waals surface area (Å²) in [6.45, 7) is 1.96. The van der Waals surface area contributed by atoms with Crippen molar-refractivity contribution in [3.8, 4) is 0 Å². The molecule has 31 heavy (non-hydrogen) atoms. The second-order valence-electron chi connectivity index (χ2n) is 7.55. The highest BCUT2D eigenvalue weighted by Crippen LogP contribution is 2.32. The largest absolute Gasteiger partial charge is 0.374 e. The van der Waals surface area contributed by atoms with Crippen LogP contribution in [-0.4, -0.2) is 29.9 Å². The molecule has 0 bridgehead atoms. The number of rotatable bonds is 10. The van der Waals surface area contributed by atoms with Crippen LogP contribution in [0.15, 0.2) is 91.0 Å². The maximum Gasteiger partial charge on any atom is 0.141 e. The van der Waals surface area contributed by atoms with Crippen molar-refractivity contribution in [2.45, 2.75) is 43.1 Å². The van der Waals surface area contributed by atoms with Crippen molar-refractivity contribution in [2.75, 3.05) is 6.61 Å². The van der Waals surface area contributed by atoms with Crippen molar-refractivity contribution >= 4 is 15.9 Å². The molecule has 0 amide bonds. The van der Waals surface area contributed by atoms with Crippen molar-refractivity contribution in [3.05, 3.63) is 108 Å². The summed E-state index contributed by atoms with van der Waals surface area (Å²) in [7, 11) is 0. The number of benzene rings is 3. The normalized spacial score (nSPS) is 23.1. The van der Waals surface area contributed by atoms with Gasteiger partial charge in [-0.05, 0) is 16.7 Å². The fraction of sp³-hybridized carbons (Fsp3) is 0.308. The Balaban J connectivity index is 1.39. The first-order chi connectivity index (χ1) is 15.3. The van der Waals surface area contributed by atoms with E-state index in [1.165, 1.54) is 0 Å². The number of hydrogen-bond donors (Lipinski definition) is 0. The van der Waals surface area contributed by atoms with Crippen LogP contribution in [0.3, 0.4) is 0 Å². The Morgan fingerprint density at radius 1 is 0.613 bits per heavy atom. The number of halogens is 1. The van der Waals surface area contributed by atoms with E-state index in [9.17, 15) is 0 Å². The fourth-order valence-corrected chi connectivity index (χ4v) is 4.32. The van der Waals surface area contributed by atoms with E-state index in [0.717, 1.165) is 16.7 Å². The molecule has 4 rings (SSSR count). The van der Waals surface area contributed by atoms with E-state index in [2.05, 4.69) is 52.3 Å². The van der Waals surface area contributed by atoms with Crippen LogP contribution in [0.25, 0.3) is 0 Å². The minimum absolute atomic E-state index is 0.224. The number of hydrogen-bond acceptors (Lipinski definition) is 4. The van der Waals surface area contributed by atoms with E-state index < -0.39 is 0 Å². The zero-order chi connectivity index (χ0) is 21.3. The molecule has 1 aliphatic rings. The van der Waals surface area contributed by atoms with Gasteiger partial charge in [-0.25, -0.2) is 0 Å². The van der Waals surface area contributed by atoms with Gasteiger partial charge in [0.05, 0.1) is 26.4 Å². The Hall–Kier alpha value is -2.02. The van der Waals surface area contributed by atoms with Gasteiger partial charge in [-0.1, -0.05) is 107 Å². The third-order valence-electron chi connectivity index (χ3n) is 5.22. The third kappa shape index (κ3) is 6.48. The zero-order valence-corrected chi connectivity index (χ0v) is 18.9. The van der Waals surface area contributed by atoms with Gasteiger partial charge in [-0.2, -0.15) is 0 Å². The van der Waals surface area contributed by atoms with Crippen LogP contribution in [0.1, 0.15) is 16.7 Å². The molecular weight excluding hydrogens is 456 g/mol. The lowest BCUT2D eigenvalue weighted by molar-refractivity contribution is -0.0895. The Labute approximate surface area is 192 Å². The summed E-state index contributed by atoms with van der Waals surface area (Å²) >= 11 is 3.64. The van der Waals surface area contributed by atoms with Gasteiger partial charge >= 0.3 is 0 Å². The molecule has 0 aromatic heterocycles. The molecule has 3 aromatic rings. The van der Waals surface area contributed by atoms with Crippen LogP contribution in [0.2, 0.25) is 0 Å². The first kappa shape index (κ1) is 22.2. The van der Waals surface area contributed by atoms with E-state index in [-0.39, 0.29) is 23.3 Å². The van der Waals surface area contributed by atoms with E-state index in [1.54, 1.807) is 0 Å². The quantitative estimate of drug-likeness (QED) is 0.357. The van der Waals surface area contributed by atoms with Crippen LogP contribution in [-0.2, 0) is 38.8 Å². The van der Waals surface area contributed by atoms with Crippen LogP contribution in [0, 0.1) is 0 Å². The third-order valence-corrected chi connectivity index (χ3v) is 5.95. The first-order valence-corrected chi connectivity index (χ1v) is 11.4. The highest BCUT2D eigenvalue weighted by atomic mass is 79.9. The summed E-state index contributed by atoms with van der Waals surface area (Å²) in [6, 6.07) is 30.4. The lowest BCUT2D eigenvalue weighted by atomic mass is 10.1. The molecule has 1 aliphatic heterocycles. The molecule has 5 heteroatoms. The van der Waals surface area contributed by atoms with Gasteiger partial charge in [0.2, 0.25) is 0 Å². The number of ether oxygens (including phenoxy) is 4. The van der Waals surface area contributed by atoms with Gasteiger partial charge in [0.25, 0.3) is 0 Å². The van der Waals surface area contributed by atoms with Gasteiger partial charge in [0.15, 0.2) is 0 Å². The molecule has 0 N–H and O–H groups in total. The fourth-order valence-electron chi connectivity index (χ4n) is 3.59. The maximum absolute atomic E-state index is 6.32. The topological polar surface area (TPSA) is 36.9 Å². The van der Waals surface area contributed by atoms with Crippen molar-refractivity contribution in [1.82, 2.24) is 0 Å². The van der Waals surface area contributed by atoms with E-state index in [1.807, 2.05) is 54.6 Å². The van der Waals surface area contributed by atoms with Gasteiger partial charge in [-0.15, -0.1) is 0 Å². The molecule has 0 spiro atoms. The minimum Gasteiger partial charge on any atom is -0.374 e. The molecule has 4 atom stereocenters. The number of alkyl halides is 1. The Bertz CT molecular complexity index is 891. The zero-order valence-electron chi connectivity index (χ0n) is 17.3. The Morgan fingerprint density at radius 3 is 1.58 bits per heavy atom. The summed E-state index contributed by atoms with van der Waals surface area (Å²) in [5.41, 5.74) is 3.37. The molecule has 0 saturated carbocycles.